The molecule has 1 saturated heterocycles. The van der Waals surface area contributed by atoms with Crippen LogP contribution in [0.15, 0.2) is 24.3 Å². The molecule has 0 aliphatic carbocycles. The van der Waals surface area contributed by atoms with Crippen LogP contribution in [0.25, 0.3) is 0 Å². The van der Waals surface area contributed by atoms with Crippen molar-refractivity contribution in [1.82, 2.24) is 4.90 Å². The maximum atomic E-state index is 12.9. The summed E-state index contributed by atoms with van der Waals surface area (Å²) >= 11 is 0. The fraction of sp³-hybridized carbons (Fsp3) is 0.500. The lowest BCUT2D eigenvalue weighted by Crippen LogP contribution is -2.56. The van der Waals surface area contributed by atoms with Crippen LogP contribution in [0.3, 0.4) is 0 Å². The van der Waals surface area contributed by atoms with E-state index in [1.54, 1.807) is 19.2 Å². The second-order valence-electron chi connectivity index (χ2n) is 5.42. The van der Waals surface area contributed by atoms with Gasteiger partial charge in [0, 0.05) is 26.3 Å². The summed E-state index contributed by atoms with van der Waals surface area (Å²) in [5.41, 5.74) is -0.0574. The summed E-state index contributed by atoms with van der Waals surface area (Å²) in [5.74, 6) is -1.31. The molecule has 6 heteroatoms. The maximum absolute atomic E-state index is 12.9. The van der Waals surface area contributed by atoms with E-state index in [2.05, 4.69) is 0 Å². The summed E-state index contributed by atoms with van der Waals surface area (Å²) in [6.07, 6.45) is 1.04. The minimum absolute atomic E-state index is 0.0134. The molecule has 0 spiro atoms. The van der Waals surface area contributed by atoms with Gasteiger partial charge in [0.15, 0.2) is 5.54 Å². The zero-order chi connectivity index (χ0) is 16.2. The molecule has 2 rings (SSSR count). The number of ether oxygens (including phenoxy) is 2. The molecule has 1 aromatic rings. The van der Waals surface area contributed by atoms with E-state index in [1.165, 1.54) is 12.0 Å². The Morgan fingerprint density at radius 2 is 2.00 bits per heavy atom. The molecule has 1 aromatic carbocycles. The lowest BCUT2D eigenvalue weighted by Gasteiger charge is -2.34. The first-order valence-electron chi connectivity index (χ1n) is 7.18. The quantitative estimate of drug-likeness (QED) is 0.862. The van der Waals surface area contributed by atoms with E-state index in [0.29, 0.717) is 31.6 Å². The summed E-state index contributed by atoms with van der Waals surface area (Å²) in [6, 6.07) is 7.11. The van der Waals surface area contributed by atoms with Gasteiger partial charge in [0.1, 0.15) is 0 Å². The zero-order valence-electron chi connectivity index (χ0n) is 12.9. The van der Waals surface area contributed by atoms with Crippen molar-refractivity contribution in [3.63, 3.8) is 0 Å². The Balaban J connectivity index is 2.37. The molecule has 0 radical (unpaired) electrons. The number of hydrogen-bond donors (Lipinski definition) is 1. The van der Waals surface area contributed by atoms with Gasteiger partial charge in [-0.25, -0.2) is 4.79 Å². The standard InChI is InChI=1S/C16H21NO5/c1-21-10-12-6-3-4-7-13(12)14(18)17-9-5-8-16(17,11-22-2)15(19)20/h3-4,6-7H,5,8-11H2,1-2H3,(H,19,20). The average molecular weight is 307 g/mol. The number of methoxy groups -OCH3 is 2. The first kappa shape index (κ1) is 16.5. The Morgan fingerprint density at radius 3 is 2.64 bits per heavy atom. The molecule has 1 atom stereocenters. The number of carbonyl (C=O) groups is 2. The Hall–Kier alpha value is -1.92. The summed E-state index contributed by atoms with van der Waals surface area (Å²) in [7, 11) is 3.01. The molecular formula is C16H21NO5. The number of carboxylic acid groups (broad SMARTS) is 1. The predicted molar refractivity (Wildman–Crippen MR) is 79.7 cm³/mol. The lowest BCUT2D eigenvalue weighted by molar-refractivity contribution is -0.151. The number of nitrogens with zero attached hydrogens (tertiary/aromatic N) is 1. The predicted octanol–water partition coefficient (Wildman–Crippen LogP) is 1.54. The molecule has 120 valence electrons. The molecular weight excluding hydrogens is 286 g/mol. The van der Waals surface area contributed by atoms with Crippen molar-refractivity contribution < 1.29 is 24.2 Å². The van der Waals surface area contributed by atoms with E-state index in [-0.39, 0.29) is 12.5 Å². The highest BCUT2D eigenvalue weighted by atomic mass is 16.5. The van der Waals surface area contributed by atoms with Gasteiger partial charge in [0.05, 0.1) is 13.2 Å². The third-order valence-corrected chi connectivity index (χ3v) is 4.06. The largest absolute Gasteiger partial charge is 0.479 e. The number of hydrogen-bond acceptors (Lipinski definition) is 4. The van der Waals surface area contributed by atoms with Crippen LogP contribution in [0.1, 0.15) is 28.8 Å². The topological polar surface area (TPSA) is 76.1 Å². The summed E-state index contributed by atoms with van der Waals surface area (Å²) < 4.78 is 10.2. The zero-order valence-corrected chi connectivity index (χ0v) is 12.9. The van der Waals surface area contributed by atoms with Crippen molar-refractivity contribution in [3.05, 3.63) is 35.4 Å². The van der Waals surface area contributed by atoms with E-state index in [1.807, 2.05) is 12.1 Å². The van der Waals surface area contributed by atoms with Crippen LogP contribution in [0.4, 0.5) is 0 Å². The Labute approximate surface area is 129 Å². The van der Waals surface area contributed by atoms with Crippen LogP contribution >= 0.6 is 0 Å². The van der Waals surface area contributed by atoms with Crippen LogP contribution < -0.4 is 0 Å². The van der Waals surface area contributed by atoms with Crippen molar-refractivity contribution in [2.75, 3.05) is 27.4 Å². The van der Waals surface area contributed by atoms with Crippen LogP contribution in [0.2, 0.25) is 0 Å². The highest BCUT2D eigenvalue weighted by Gasteiger charge is 2.50. The monoisotopic (exact) mass is 307 g/mol. The number of aliphatic carboxylic acids is 1. The molecule has 1 fully saturated rings. The van der Waals surface area contributed by atoms with Crippen molar-refractivity contribution in [3.8, 4) is 0 Å². The third-order valence-electron chi connectivity index (χ3n) is 4.06. The maximum Gasteiger partial charge on any atom is 0.332 e. The second kappa shape index (κ2) is 6.89. The highest BCUT2D eigenvalue weighted by molar-refractivity contribution is 5.99. The summed E-state index contributed by atoms with van der Waals surface area (Å²) in [6.45, 7) is 0.705. The fourth-order valence-electron chi connectivity index (χ4n) is 3.00. The normalized spacial score (nSPS) is 21.1. The Kier molecular flexibility index (Phi) is 5.15. The van der Waals surface area contributed by atoms with Gasteiger partial charge in [-0.1, -0.05) is 18.2 Å². The number of rotatable bonds is 6. The minimum Gasteiger partial charge on any atom is -0.479 e. The first-order chi connectivity index (χ1) is 10.6. The molecule has 1 aliphatic rings. The van der Waals surface area contributed by atoms with Crippen molar-refractivity contribution in [2.45, 2.75) is 25.0 Å². The van der Waals surface area contributed by atoms with Crippen LogP contribution in [0, 0.1) is 0 Å². The van der Waals surface area contributed by atoms with Gasteiger partial charge in [-0.2, -0.15) is 0 Å². The molecule has 1 heterocycles. The molecule has 1 aliphatic heterocycles. The molecule has 1 amide bonds. The van der Waals surface area contributed by atoms with E-state index in [4.69, 9.17) is 9.47 Å². The van der Waals surface area contributed by atoms with Gasteiger partial charge < -0.3 is 19.5 Å². The van der Waals surface area contributed by atoms with Gasteiger partial charge in [0.2, 0.25) is 0 Å². The highest BCUT2D eigenvalue weighted by Crippen LogP contribution is 2.32. The number of benzene rings is 1. The third kappa shape index (κ3) is 2.84. The molecule has 1 unspecified atom stereocenters. The fourth-order valence-corrected chi connectivity index (χ4v) is 3.00. The molecule has 0 bridgehead atoms. The summed E-state index contributed by atoms with van der Waals surface area (Å²) in [5, 5.41) is 9.64. The van der Waals surface area contributed by atoms with E-state index in [9.17, 15) is 14.7 Å². The summed E-state index contributed by atoms with van der Waals surface area (Å²) in [4.78, 5) is 26.1. The minimum atomic E-state index is -1.29. The molecule has 22 heavy (non-hydrogen) atoms. The smallest absolute Gasteiger partial charge is 0.332 e. The van der Waals surface area contributed by atoms with Crippen molar-refractivity contribution in [1.29, 1.82) is 0 Å². The van der Waals surface area contributed by atoms with Crippen molar-refractivity contribution in [2.24, 2.45) is 0 Å². The van der Waals surface area contributed by atoms with Gasteiger partial charge in [-0.05, 0) is 24.5 Å². The van der Waals surface area contributed by atoms with Crippen LogP contribution in [0.5, 0.6) is 0 Å². The van der Waals surface area contributed by atoms with Crippen LogP contribution in [-0.4, -0.2) is 54.8 Å². The molecule has 0 saturated carbocycles. The van der Waals surface area contributed by atoms with Gasteiger partial charge >= 0.3 is 5.97 Å². The average Bonchev–Trinajstić information content (AvgIpc) is 2.93. The SMILES string of the molecule is COCc1ccccc1C(=O)N1CCCC1(COC)C(=O)O. The number of likely N-dealkylation sites (tertiary alicyclic amines) is 1. The van der Waals surface area contributed by atoms with E-state index < -0.39 is 11.5 Å². The van der Waals surface area contributed by atoms with E-state index in [0.717, 1.165) is 5.56 Å². The molecule has 1 N–H and O–H groups in total. The number of carbonyl (C=O) groups excluding carboxylic acids is 1. The Morgan fingerprint density at radius 1 is 1.27 bits per heavy atom. The first-order valence-corrected chi connectivity index (χ1v) is 7.18. The van der Waals surface area contributed by atoms with E-state index >= 15 is 0 Å². The lowest BCUT2D eigenvalue weighted by atomic mass is 9.96. The van der Waals surface area contributed by atoms with Crippen molar-refractivity contribution >= 4 is 11.9 Å². The van der Waals surface area contributed by atoms with Gasteiger partial charge in [-0.15, -0.1) is 0 Å². The number of carboxylic acids is 1. The van der Waals surface area contributed by atoms with Gasteiger partial charge in [0.25, 0.3) is 5.91 Å². The van der Waals surface area contributed by atoms with Gasteiger partial charge in [-0.3, -0.25) is 4.79 Å². The molecule has 0 aromatic heterocycles. The van der Waals surface area contributed by atoms with Crippen LogP contribution in [-0.2, 0) is 20.9 Å². The molecule has 6 nitrogen and oxygen atoms in total. The second-order valence-corrected chi connectivity index (χ2v) is 5.42. The Bertz CT molecular complexity index is 559. The number of amides is 1.